The Bertz CT molecular complexity index is 3440. The molecule has 0 N–H and O–H groups in total. The maximum atomic E-state index is 13.0. The van der Waals surface area contributed by atoms with Gasteiger partial charge in [0.15, 0.2) is 40.5 Å². The Balaban J connectivity index is -0.000000475. The van der Waals surface area contributed by atoms with Crippen molar-refractivity contribution in [3.05, 3.63) is 0 Å². The first-order chi connectivity index (χ1) is 48.0. The Morgan fingerprint density at radius 1 is 0.111 bits per heavy atom. The van der Waals surface area contributed by atoms with Crippen molar-refractivity contribution in [2.45, 2.75) is 188 Å². The van der Waals surface area contributed by atoms with E-state index in [0.717, 1.165) is 0 Å². The molecule has 0 aliphatic carbocycles. The van der Waals surface area contributed by atoms with Gasteiger partial charge in [-0.25, -0.2) is 33.7 Å². The summed E-state index contributed by atoms with van der Waals surface area (Å²) in [5, 5.41) is -31.8. The fraction of sp³-hybridized carbons (Fsp3) is 1.00. The van der Waals surface area contributed by atoms with Gasteiger partial charge in [0.1, 0.15) is 0 Å². The molecule has 0 aliphatic heterocycles. The molecule has 0 aromatic heterocycles. The summed E-state index contributed by atoms with van der Waals surface area (Å²) in [5.41, 5.74) is 0. The van der Waals surface area contributed by atoms with E-state index >= 15 is 0 Å². The van der Waals surface area contributed by atoms with Crippen molar-refractivity contribution in [3.8, 4) is 0 Å². The van der Waals surface area contributed by atoms with Crippen LogP contribution >= 0.6 is 0 Å². The van der Waals surface area contributed by atoms with Crippen molar-refractivity contribution in [2.24, 2.45) is 0 Å². The Morgan fingerprint density at radius 2 is 0.162 bits per heavy atom. The van der Waals surface area contributed by atoms with Crippen LogP contribution in [0, 0.1) is 0 Å². The maximum absolute atomic E-state index is 13.0. The van der Waals surface area contributed by atoms with Gasteiger partial charge in [-0.05, 0) is 0 Å². The molecule has 0 atom stereocenters. The smallest absolute Gasteiger partial charge is 0.743 e. The molecule has 0 radical (unpaired) electrons. The van der Waals surface area contributed by atoms with Crippen LogP contribution in [0.25, 0.3) is 0 Å². The number of rotatable bonds is 28. The van der Waals surface area contributed by atoms with E-state index in [0.29, 0.717) is 0 Å². The van der Waals surface area contributed by atoms with Crippen LogP contribution in [0.2, 0.25) is 0 Å². The Hall–Kier alpha value is -4.41. The molecular formula is C32F68O12S4Ti. The quantitative estimate of drug-likeness (QED) is 0.0405. The van der Waals surface area contributed by atoms with Gasteiger partial charge in [-0.2, -0.15) is 299 Å². The molecule has 117 heavy (non-hydrogen) atoms. The van der Waals surface area contributed by atoms with Gasteiger partial charge >= 0.3 is 210 Å². The van der Waals surface area contributed by atoms with Crippen LogP contribution < -0.4 is 0 Å². The van der Waals surface area contributed by atoms with Crippen LogP contribution in [0.3, 0.4) is 0 Å². The summed E-state index contributed by atoms with van der Waals surface area (Å²) in [6.45, 7) is 0. The van der Waals surface area contributed by atoms with Crippen LogP contribution in [0.4, 0.5) is 299 Å². The predicted octanol–water partition coefficient (Wildman–Crippen LogP) is 18.0. The summed E-state index contributed by atoms with van der Waals surface area (Å²) in [6.07, 6.45) is -31.6. The second kappa shape index (κ2) is 30.5. The third-order valence-corrected chi connectivity index (χ3v) is 15.6. The summed E-state index contributed by atoms with van der Waals surface area (Å²) in [4.78, 5) is 0. The fourth-order valence-corrected chi connectivity index (χ4v) is 6.99. The van der Waals surface area contributed by atoms with Gasteiger partial charge in [0.25, 0.3) is 0 Å². The van der Waals surface area contributed by atoms with Gasteiger partial charge in [-0.15, -0.1) is 0 Å². The molecule has 0 saturated carbocycles. The van der Waals surface area contributed by atoms with E-state index in [2.05, 4.69) is 0 Å². The van der Waals surface area contributed by atoms with Crippen molar-refractivity contribution >= 4 is 40.5 Å². The summed E-state index contributed by atoms with van der Waals surface area (Å²) in [6, 6.07) is 0. The van der Waals surface area contributed by atoms with E-state index in [1.54, 1.807) is 0 Å². The van der Waals surface area contributed by atoms with E-state index in [9.17, 15) is 350 Å². The first-order valence-corrected chi connectivity index (χ1v) is 28.3. The Morgan fingerprint density at radius 3 is 0.214 bits per heavy atom. The van der Waals surface area contributed by atoms with E-state index in [1.165, 1.54) is 0 Å². The van der Waals surface area contributed by atoms with Crippen molar-refractivity contribution in [1.82, 2.24) is 0 Å². The predicted molar refractivity (Wildman–Crippen MR) is 202 cm³/mol. The minimum absolute atomic E-state index is 0. The minimum atomic E-state index is -8.92. The van der Waals surface area contributed by atoms with E-state index < -0.39 is 228 Å². The van der Waals surface area contributed by atoms with Crippen LogP contribution in [0.15, 0.2) is 0 Å². The third kappa shape index (κ3) is 16.7. The third-order valence-electron chi connectivity index (χ3n) is 12.0. The molecule has 12 nitrogen and oxygen atoms in total. The van der Waals surface area contributed by atoms with Gasteiger partial charge in [-0.3, -0.25) is 0 Å². The molecule has 0 unspecified atom stereocenters. The van der Waals surface area contributed by atoms with Gasteiger partial charge < -0.3 is 18.2 Å². The SMILES string of the molecule is O=S(=O)([O-])C(F)(F)C(F)(F)C(F)(F)C(F)(F)C(F)(F)C(F)(F)C(F)(F)C(F)(F)F.O=S(=O)([O-])C(F)(F)C(F)(F)C(F)(F)C(F)(F)C(F)(F)C(F)(F)C(F)(F)C(F)(F)F.O=S(=O)([O-])C(F)(F)C(F)(F)C(F)(F)C(F)(F)C(F)(F)C(F)(F)C(F)(F)C(F)(F)F.O=S(=O)([O-])C(F)(F)C(F)(F)C(F)(F)C(F)(F)C(F)(F)C(F)(F)C(F)(F)C(F)(F)F.[Ti+4]. The summed E-state index contributed by atoms with van der Waals surface area (Å²) in [5.74, 6) is -209. The Labute approximate surface area is 600 Å². The zero-order valence-corrected chi connectivity index (χ0v) is 53.6. The van der Waals surface area contributed by atoms with Crippen LogP contribution in [-0.4, -0.2) is 240 Å². The molecule has 704 valence electrons. The standard InChI is InChI=1S/4C8HF17O3S.Ti/c4*9-1(10,3(13,14)5(17,18)7(21,22)23)2(11,12)4(15,16)6(19,20)8(24,25)29(26,27)28;/h4*(H,26,27,28);/q;;;;+4/p-4. The molecule has 0 aromatic rings. The fourth-order valence-electron chi connectivity index (χ4n) is 5.23. The van der Waals surface area contributed by atoms with E-state index in [-0.39, 0.29) is 21.7 Å². The average molecular weight is 2040 g/mol. The molecule has 85 heteroatoms. The van der Waals surface area contributed by atoms with E-state index in [1.807, 2.05) is 0 Å². The summed E-state index contributed by atoms with van der Waals surface area (Å²) < 4.78 is 976. The summed E-state index contributed by atoms with van der Waals surface area (Å²) >= 11 is 0. The number of alkyl halides is 68. The molecule has 0 rings (SSSR count). The molecule has 0 fully saturated rings. The zero-order valence-electron chi connectivity index (χ0n) is 48.7. The van der Waals surface area contributed by atoms with Gasteiger partial charge in [0.05, 0.1) is 0 Å². The van der Waals surface area contributed by atoms with Gasteiger partial charge in [0, 0.05) is 0 Å². The van der Waals surface area contributed by atoms with Crippen LogP contribution in [0.1, 0.15) is 0 Å². The molecule has 0 amide bonds. The monoisotopic (exact) mass is 2040 g/mol. The van der Waals surface area contributed by atoms with E-state index in [4.69, 9.17) is 0 Å². The summed E-state index contributed by atoms with van der Waals surface area (Å²) in [7, 11) is -32.6. The van der Waals surface area contributed by atoms with Crippen molar-refractivity contribution in [1.29, 1.82) is 0 Å². The first kappa shape index (κ1) is 121. The second-order valence-electron chi connectivity index (χ2n) is 19.7. The normalized spacial score (nSPS) is 16.8. The van der Waals surface area contributed by atoms with Gasteiger partial charge in [-0.1, -0.05) is 0 Å². The van der Waals surface area contributed by atoms with Crippen LogP contribution in [0.5, 0.6) is 0 Å². The molecule has 0 saturated heterocycles. The molecule has 0 aromatic carbocycles. The molecular weight excluding hydrogens is 2040 g/mol. The number of halogens is 68. The minimum Gasteiger partial charge on any atom is -0.743 e. The zero-order chi connectivity index (χ0) is 98.0. The Kier molecular flexibility index (Phi) is 31.6. The topological polar surface area (TPSA) is 229 Å². The largest absolute Gasteiger partial charge is 4.00 e. The van der Waals surface area contributed by atoms with Crippen LogP contribution in [-0.2, 0) is 62.2 Å². The molecule has 0 bridgehead atoms. The number of hydrogen-bond acceptors (Lipinski definition) is 12. The average Bonchev–Trinajstić information content (AvgIpc) is 0.703. The maximum Gasteiger partial charge on any atom is 4.00 e. The number of hydrogen-bond donors (Lipinski definition) is 0. The second-order valence-corrected chi connectivity index (χ2v) is 25.3. The molecule has 0 spiro atoms. The van der Waals surface area contributed by atoms with Crippen molar-refractivity contribution in [2.75, 3.05) is 0 Å². The molecule has 0 aliphatic rings. The first-order valence-electron chi connectivity index (χ1n) is 22.7. The van der Waals surface area contributed by atoms with Gasteiger partial charge in [0.2, 0.25) is 0 Å². The van der Waals surface area contributed by atoms with Crippen molar-refractivity contribution < 1.29 is 372 Å². The molecule has 0 heterocycles. The van der Waals surface area contributed by atoms with Crippen molar-refractivity contribution in [3.63, 3.8) is 0 Å².